The lowest BCUT2D eigenvalue weighted by Gasteiger charge is -2.30. The van der Waals surface area contributed by atoms with Crippen LogP contribution in [0.3, 0.4) is 0 Å². The van der Waals surface area contributed by atoms with E-state index in [2.05, 4.69) is 48.5 Å². The van der Waals surface area contributed by atoms with Gasteiger partial charge in [0.1, 0.15) is 49.4 Å². The number of benzene rings is 4. The number of hydrogen-bond acceptors (Lipinski definition) is 8. The predicted molar refractivity (Wildman–Crippen MR) is 179 cm³/mol. The molecule has 0 radical (unpaired) electrons. The minimum Gasteiger partial charge on any atom is -0.491 e. The minimum atomic E-state index is -0.0402. The SMILES string of the molecule is COCCOc1ccc(C(c2ccc(OCCOC)cc2)C(c2ccc(OCCOC)cc2)c2ccc(OCCOC)cc2)cc1. The first kappa shape index (κ1) is 34.8. The minimum absolute atomic E-state index is 0.0402. The molecule has 8 heteroatoms. The number of hydrogen-bond donors (Lipinski definition) is 0. The van der Waals surface area contributed by atoms with E-state index in [1.54, 1.807) is 28.4 Å². The van der Waals surface area contributed by atoms with Crippen LogP contribution in [-0.4, -0.2) is 81.3 Å². The van der Waals surface area contributed by atoms with Crippen molar-refractivity contribution in [2.24, 2.45) is 0 Å². The van der Waals surface area contributed by atoms with Crippen molar-refractivity contribution in [2.75, 3.05) is 81.3 Å². The van der Waals surface area contributed by atoms with Crippen LogP contribution in [-0.2, 0) is 18.9 Å². The molecule has 0 aliphatic carbocycles. The van der Waals surface area contributed by atoms with E-state index in [9.17, 15) is 0 Å². The van der Waals surface area contributed by atoms with Gasteiger partial charge in [-0.2, -0.15) is 0 Å². The molecule has 0 N–H and O–H groups in total. The van der Waals surface area contributed by atoms with E-state index in [4.69, 9.17) is 37.9 Å². The zero-order valence-corrected chi connectivity index (χ0v) is 27.3. The molecule has 4 rings (SSSR count). The van der Waals surface area contributed by atoms with Crippen molar-refractivity contribution in [3.63, 3.8) is 0 Å². The molecule has 8 nitrogen and oxygen atoms in total. The van der Waals surface area contributed by atoms with E-state index >= 15 is 0 Å². The summed E-state index contributed by atoms with van der Waals surface area (Å²) in [5, 5.41) is 0. The van der Waals surface area contributed by atoms with Crippen molar-refractivity contribution < 1.29 is 37.9 Å². The Bertz CT molecular complexity index is 1160. The zero-order valence-electron chi connectivity index (χ0n) is 27.3. The smallest absolute Gasteiger partial charge is 0.119 e. The maximum Gasteiger partial charge on any atom is 0.119 e. The second-order valence-corrected chi connectivity index (χ2v) is 10.6. The van der Waals surface area contributed by atoms with Gasteiger partial charge in [0.25, 0.3) is 0 Å². The van der Waals surface area contributed by atoms with Crippen LogP contribution in [0, 0.1) is 0 Å². The highest BCUT2D eigenvalue weighted by atomic mass is 16.5. The summed E-state index contributed by atoms with van der Waals surface area (Å²) in [6.45, 7) is 4.08. The van der Waals surface area contributed by atoms with Crippen molar-refractivity contribution in [2.45, 2.75) is 11.8 Å². The largest absolute Gasteiger partial charge is 0.491 e. The summed E-state index contributed by atoms with van der Waals surface area (Å²) in [6.07, 6.45) is 0. The summed E-state index contributed by atoms with van der Waals surface area (Å²) in [7, 11) is 6.67. The molecule has 0 heterocycles. The molecule has 46 heavy (non-hydrogen) atoms. The summed E-state index contributed by atoms with van der Waals surface area (Å²) in [5.74, 6) is 3.12. The molecule has 0 aliphatic rings. The molecule has 4 aromatic carbocycles. The first-order valence-corrected chi connectivity index (χ1v) is 15.5. The van der Waals surface area contributed by atoms with Crippen molar-refractivity contribution in [3.05, 3.63) is 119 Å². The molecule has 0 unspecified atom stereocenters. The van der Waals surface area contributed by atoms with Gasteiger partial charge in [0, 0.05) is 40.3 Å². The van der Waals surface area contributed by atoms with Gasteiger partial charge in [-0.05, 0) is 70.8 Å². The van der Waals surface area contributed by atoms with Crippen molar-refractivity contribution in [1.29, 1.82) is 0 Å². The molecule has 246 valence electrons. The lowest BCUT2D eigenvalue weighted by Crippen LogP contribution is -2.15. The molecule has 0 fully saturated rings. The monoisotopic (exact) mass is 630 g/mol. The average Bonchev–Trinajstić information content (AvgIpc) is 3.09. The van der Waals surface area contributed by atoms with Crippen LogP contribution in [0.15, 0.2) is 97.1 Å². The number of rotatable bonds is 21. The van der Waals surface area contributed by atoms with Crippen LogP contribution >= 0.6 is 0 Å². The summed E-state index contributed by atoms with van der Waals surface area (Å²) in [5.41, 5.74) is 4.60. The average molecular weight is 631 g/mol. The maximum absolute atomic E-state index is 5.89. The molecule has 0 amide bonds. The lowest BCUT2D eigenvalue weighted by atomic mass is 9.73. The second kappa shape index (κ2) is 19.4. The Kier molecular flexibility index (Phi) is 14.7. The highest BCUT2D eigenvalue weighted by molar-refractivity contribution is 5.48. The third-order valence-corrected chi connectivity index (χ3v) is 7.51. The Hall–Kier alpha value is -4.08. The molecule has 4 aromatic rings. The van der Waals surface area contributed by atoms with Crippen LogP contribution in [0.4, 0.5) is 0 Å². The molecule has 0 aliphatic heterocycles. The van der Waals surface area contributed by atoms with E-state index < -0.39 is 0 Å². The highest BCUT2D eigenvalue weighted by Gasteiger charge is 2.29. The molecule has 0 saturated carbocycles. The molecule has 0 aromatic heterocycles. The topological polar surface area (TPSA) is 73.8 Å². The highest BCUT2D eigenvalue weighted by Crippen LogP contribution is 2.44. The molecule has 0 saturated heterocycles. The third-order valence-electron chi connectivity index (χ3n) is 7.51. The summed E-state index contributed by atoms with van der Waals surface area (Å²) in [6, 6.07) is 33.4. The molecular formula is C38H46O8. The van der Waals surface area contributed by atoms with Gasteiger partial charge in [0.15, 0.2) is 0 Å². The van der Waals surface area contributed by atoms with Crippen molar-refractivity contribution >= 4 is 0 Å². The fraction of sp³-hybridized carbons (Fsp3) is 0.368. The third kappa shape index (κ3) is 10.5. The van der Waals surface area contributed by atoms with E-state index in [0.29, 0.717) is 52.9 Å². The first-order valence-electron chi connectivity index (χ1n) is 15.5. The van der Waals surface area contributed by atoms with Crippen LogP contribution in [0.5, 0.6) is 23.0 Å². The Balaban J connectivity index is 1.75. The van der Waals surface area contributed by atoms with Gasteiger partial charge in [-0.25, -0.2) is 0 Å². The number of ether oxygens (including phenoxy) is 8. The normalized spacial score (nSPS) is 11.2. The van der Waals surface area contributed by atoms with Crippen LogP contribution < -0.4 is 18.9 Å². The van der Waals surface area contributed by atoms with Gasteiger partial charge in [0.2, 0.25) is 0 Å². The van der Waals surface area contributed by atoms with Crippen LogP contribution in [0.2, 0.25) is 0 Å². The summed E-state index contributed by atoms with van der Waals surface area (Å²) >= 11 is 0. The van der Waals surface area contributed by atoms with Gasteiger partial charge in [-0.1, -0.05) is 48.5 Å². The van der Waals surface area contributed by atoms with Gasteiger partial charge >= 0.3 is 0 Å². The zero-order chi connectivity index (χ0) is 32.4. The van der Waals surface area contributed by atoms with E-state index in [0.717, 1.165) is 45.3 Å². The van der Waals surface area contributed by atoms with Crippen molar-refractivity contribution in [1.82, 2.24) is 0 Å². The summed E-state index contributed by atoms with van der Waals surface area (Å²) < 4.78 is 44.2. The van der Waals surface area contributed by atoms with Gasteiger partial charge in [-0.15, -0.1) is 0 Å². The molecule has 0 bridgehead atoms. The Morgan fingerprint density at radius 1 is 0.304 bits per heavy atom. The van der Waals surface area contributed by atoms with Gasteiger partial charge < -0.3 is 37.9 Å². The first-order chi connectivity index (χ1) is 22.7. The standard InChI is InChI=1S/C38H46O8/c1-39-21-25-43-33-13-5-29(6-14-33)37(30-7-15-34(16-8-30)44-26-22-40-2)38(31-9-17-35(18-10-31)45-27-23-41-3)32-11-19-36(20-12-32)46-28-24-42-4/h5-20,37-38H,21-28H2,1-4H3. The quantitative estimate of drug-likeness (QED) is 0.0937. The molecule has 0 atom stereocenters. The van der Waals surface area contributed by atoms with Crippen molar-refractivity contribution in [3.8, 4) is 23.0 Å². The van der Waals surface area contributed by atoms with Crippen LogP contribution in [0.1, 0.15) is 34.1 Å². The van der Waals surface area contributed by atoms with Crippen LogP contribution in [0.25, 0.3) is 0 Å². The predicted octanol–water partition coefficient (Wildman–Crippen LogP) is 6.75. The second-order valence-electron chi connectivity index (χ2n) is 10.6. The number of methoxy groups -OCH3 is 4. The Morgan fingerprint density at radius 2 is 0.500 bits per heavy atom. The fourth-order valence-corrected chi connectivity index (χ4v) is 5.21. The Morgan fingerprint density at radius 3 is 0.674 bits per heavy atom. The summed E-state index contributed by atoms with van der Waals surface area (Å²) in [4.78, 5) is 0. The van der Waals surface area contributed by atoms with Gasteiger partial charge in [0.05, 0.1) is 26.4 Å². The Labute approximate surface area is 273 Å². The van der Waals surface area contributed by atoms with E-state index in [-0.39, 0.29) is 11.8 Å². The van der Waals surface area contributed by atoms with Gasteiger partial charge in [-0.3, -0.25) is 0 Å². The molecule has 0 spiro atoms. The fourth-order valence-electron chi connectivity index (χ4n) is 5.21. The maximum atomic E-state index is 5.89. The van der Waals surface area contributed by atoms with E-state index in [1.807, 2.05) is 48.5 Å². The lowest BCUT2D eigenvalue weighted by molar-refractivity contribution is 0.146. The molecular weight excluding hydrogens is 584 g/mol. The van der Waals surface area contributed by atoms with E-state index in [1.165, 1.54) is 0 Å².